The van der Waals surface area contributed by atoms with Gasteiger partial charge < -0.3 is 14.6 Å². The Labute approximate surface area is 219 Å². The second-order valence-electron chi connectivity index (χ2n) is 9.75. The summed E-state index contributed by atoms with van der Waals surface area (Å²) in [5.74, 6) is -6.69. The predicted molar refractivity (Wildman–Crippen MR) is 137 cm³/mol. The van der Waals surface area contributed by atoms with Gasteiger partial charge in [0.2, 0.25) is 0 Å². The average molecular weight is 551 g/mol. The number of halogens is 3. The standard InChI is InChI=1S/C27H29F3N2O5S/c1-13(2)17-10-19(15(5)6)24(12-18(17)14(3)4)38(35,36)37-26-22(30)11-20(27(33)34)25(32-26)31-23-8-7-16(28)9-21(23)29/h7-15H,1-6H3,(H,31,32)(H,33,34). The molecule has 0 aliphatic carbocycles. The first-order valence-electron chi connectivity index (χ1n) is 11.9. The molecule has 3 aromatic rings. The van der Waals surface area contributed by atoms with Crippen LogP contribution in [-0.4, -0.2) is 24.5 Å². The third kappa shape index (κ3) is 6.09. The fourth-order valence-corrected chi connectivity index (χ4v) is 5.22. The Morgan fingerprint density at radius 3 is 1.97 bits per heavy atom. The molecule has 0 radical (unpaired) electrons. The zero-order chi connectivity index (χ0) is 28.5. The third-order valence-corrected chi connectivity index (χ3v) is 7.17. The number of pyridine rings is 1. The number of nitrogens with zero attached hydrogens (tertiary/aromatic N) is 1. The molecule has 0 spiro atoms. The summed E-state index contributed by atoms with van der Waals surface area (Å²) in [5, 5.41) is 11.8. The molecule has 1 heterocycles. The fraction of sp³-hybridized carbons (Fsp3) is 0.333. The first-order chi connectivity index (χ1) is 17.6. The second kappa shape index (κ2) is 11.0. The molecule has 0 saturated heterocycles. The molecule has 0 bridgehead atoms. The van der Waals surface area contributed by atoms with Gasteiger partial charge in [-0.15, -0.1) is 0 Å². The van der Waals surface area contributed by atoms with Gasteiger partial charge in [-0.25, -0.2) is 18.0 Å². The third-order valence-electron chi connectivity index (χ3n) is 5.90. The topological polar surface area (TPSA) is 106 Å². The first kappa shape index (κ1) is 29.0. The Kier molecular flexibility index (Phi) is 8.40. The minimum Gasteiger partial charge on any atom is -0.478 e. The zero-order valence-corrected chi connectivity index (χ0v) is 22.6. The van der Waals surface area contributed by atoms with Crippen molar-refractivity contribution in [2.45, 2.75) is 64.2 Å². The number of aromatic carboxylic acids is 1. The lowest BCUT2D eigenvalue weighted by Crippen LogP contribution is -2.17. The van der Waals surface area contributed by atoms with E-state index in [1.165, 1.54) is 6.07 Å². The van der Waals surface area contributed by atoms with Gasteiger partial charge in [-0.05, 0) is 58.7 Å². The summed E-state index contributed by atoms with van der Waals surface area (Å²) < 4.78 is 74.3. The van der Waals surface area contributed by atoms with Gasteiger partial charge in [0, 0.05) is 6.07 Å². The first-order valence-corrected chi connectivity index (χ1v) is 13.3. The number of rotatable bonds is 9. The van der Waals surface area contributed by atoms with E-state index >= 15 is 0 Å². The van der Waals surface area contributed by atoms with Crippen LogP contribution in [-0.2, 0) is 10.1 Å². The van der Waals surface area contributed by atoms with Gasteiger partial charge in [-0.3, -0.25) is 0 Å². The van der Waals surface area contributed by atoms with E-state index in [1.807, 2.05) is 47.6 Å². The molecule has 0 aliphatic heterocycles. The van der Waals surface area contributed by atoms with Gasteiger partial charge in [-0.1, -0.05) is 47.6 Å². The number of nitrogens with one attached hydrogen (secondary N) is 1. The van der Waals surface area contributed by atoms with Crippen LogP contribution < -0.4 is 9.50 Å². The highest BCUT2D eigenvalue weighted by Crippen LogP contribution is 2.36. The molecule has 1 aromatic heterocycles. The fourth-order valence-electron chi connectivity index (χ4n) is 3.95. The van der Waals surface area contributed by atoms with Crippen molar-refractivity contribution in [2.24, 2.45) is 0 Å². The Bertz CT molecular complexity index is 1490. The van der Waals surface area contributed by atoms with Crippen LogP contribution in [0.2, 0.25) is 0 Å². The smallest absolute Gasteiger partial charge is 0.341 e. The molecule has 3 rings (SSSR count). The number of carboxylic acids is 1. The van der Waals surface area contributed by atoms with Crippen molar-refractivity contribution < 1.29 is 35.7 Å². The maximum absolute atomic E-state index is 14.9. The quantitative estimate of drug-likeness (QED) is 0.274. The molecule has 204 valence electrons. The number of carboxylic acid groups (broad SMARTS) is 1. The van der Waals surface area contributed by atoms with Crippen LogP contribution in [0.5, 0.6) is 5.88 Å². The van der Waals surface area contributed by atoms with Crippen molar-refractivity contribution in [3.05, 3.63) is 76.1 Å². The van der Waals surface area contributed by atoms with Crippen molar-refractivity contribution >= 4 is 27.6 Å². The largest absolute Gasteiger partial charge is 0.478 e. The predicted octanol–water partition coefficient (Wildman–Crippen LogP) is 7.08. The van der Waals surface area contributed by atoms with Crippen LogP contribution in [0, 0.1) is 17.5 Å². The molecule has 0 fully saturated rings. The van der Waals surface area contributed by atoms with Crippen LogP contribution in [0.25, 0.3) is 0 Å². The minimum absolute atomic E-state index is 0.0197. The molecule has 2 aromatic carbocycles. The number of hydrogen-bond acceptors (Lipinski definition) is 6. The van der Waals surface area contributed by atoms with Gasteiger partial charge in [0.15, 0.2) is 5.82 Å². The van der Waals surface area contributed by atoms with Gasteiger partial charge in [0.1, 0.15) is 27.9 Å². The number of benzene rings is 2. The summed E-state index contributed by atoms with van der Waals surface area (Å²) in [6.07, 6.45) is 0. The molecule has 0 unspecified atom stereocenters. The molecular weight excluding hydrogens is 521 g/mol. The van der Waals surface area contributed by atoms with Crippen LogP contribution in [0.3, 0.4) is 0 Å². The van der Waals surface area contributed by atoms with E-state index < -0.39 is 50.8 Å². The van der Waals surface area contributed by atoms with Crippen LogP contribution >= 0.6 is 0 Å². The Morgan fingerprint density at radius 2 is 1.45 bits per heavy atom. The molecular formula is C27H29F3N2O5S. The highest BCUT2D eigenvalue weighted by atomic mass is 32.2. The van der Waals surface area contributed by atoms with E-state index in [0.717, 1.165) is 23.3 Å². The summed E-state index contributed by atoms with van der Waals surface area (Å²) in [6, 6.07) is 6.28. The van der Waals surface area contributed by atoms with E-state index in [9.17, 15) is 31.5 Å². The Hall–Kier alpha value is -3.60. The van der Waals surface area contributed by atoms with E-state index in [1.54, 1.807) is 0 Å². The molecule has 38 heavy (non-hydrogen) atoms. The summed E-state index contributed by atoms with van der Waals surface area (Å²) >= 11 is 0. The molecule has 0 atom stereocenters. The maximum atomic E-state index is 14.9. The minimum atomic E-state index is -4.65. The van der Waals surface area contributed by atoms with E-state index in [4.69, 9.17) is 4.18 Å². The zero-order valence-electron chi connectivity index (χ0n) is 21.8. The highest BCUT2D eigenvalue weighted by molar-refractivity contribution is 7.87. The Morgan fingerprint density at radius 1 is 0.868 bits per heavy atom. The average Bonchev–Trinajstić information content (AvgIpc) is 2.81. The molecule has 0 amide bonds. The monoisotopic (exact) mass is 550 g/mol. The van der Waals surface area contributed by atoms with Crippen molar-refractivity contribution in [3.8, 4) is 5.88 Å². The lowest BCUT2D eigenvalue weighted by Gasteiger charge is -2.22. The lowest BCUT2D eigenvalue weighted by molar-refractivity contribution is 0.0697. The van der Waals surface area contributed by atoms with E-state index in [2.05, 4.69) is 10.3 Å². The van der Waals surface area contributed by atoms with E-state index in [-0.39, 0.29) is 28.3 Å². The molecule has 0 aliphatic rings. The van der Waals surface area contributed by atoms with Crippen molar-refractivity contribution in [3.63, 3.8) is 0 Å². The number of carbonyl (C=O) groups is 1. The van der Waals surface area contributed by atoms with Crippen LogP contribution in [0.1, 0.15) is 86.3 Å². The van der Waals surface area contributed by atoms with Crippen molar-refractivity contribution in [1.29, 1.82) is 0 Å². The Balaban J connectivity index is 2.14. The van der Waals surface area contributed by atoms with E-state index in [0.29, 0.717) is 17.7 Å². The van der Waals surface area contributed by atoms with Gasteiger partial charge in [0.05, 0.1) is 5.69 Å². The number of hydrogen-bond donors (Lipinski definition) is 2. The van der Waals surface area contributed by atoms with Gasteiger partial charge in [0.25, 0.3) is 5.88 Å². The molecule has 2 N–H and O–H groups in total. The normalized spacial score (nSPS) is 11.9. The summed E-state index contributed by atoms with van der Waals surface area (Å²) in [5.41, 5.74) is 1.14. The molecule has 0 saturated carbocycles. The van der Waals surface area contributed by atoms with Gasteiger partial charge in [-0.2, -0.15) is 13.4 Å². The maximum Gasteiger partial charge on any atom is 0.341 e. The lowest BCUT2D eigenvalue weighted by atomic mass is 9.87. The summed E-state index contributed by atoms with van der Waals surface area (Å²) in [4.78, 5) is 15.2. The summed E-state index contributed by atoms with van der Waals surface area (Å²) in [6.45, 7) is 11.5. The number of anilines is 2. The SMILES string of the molecule is CC(C)c1cc(C(C)C)c(S(=O)(=O)Oc2nc(Nc3ccc(F)cc3F)c(C(=O)O)cc2F)cc1C(C)C. The number of aromatic nitrogens is 1. The molecule has 7 nitrogen and oxygen atoms in total. The van der Waals surface area contributed by atoms with Crippen LogP contribution in [0.15, 0.2) is 41.3 Å². The second-order valence-corrected chi connectivity index (χ2v) is 11.3. The van der Waals surface area contributed by atoms with Crippen molar-refractivity contribution in [2.75, 3.05) is 5.32 Å². The summed E-state index contributed by atoms with van der Waals surface area (Å²) in [7, 11) is -4.65. The van der Waals surface area contributed by atoms with Gasteiger partial charge >= 0.3 is 16.1 Å². The molecule has 11 heteroatoms. The van der Waals surface area contributed by atoms with Crippen LogP contribution in [0.4, 0.5) is 24.7 Å². The highest BCUT2D eigenvalue weighted by Gasteiger charge is 2.29. The van der Waals surface area contributed by atoms with Crippen molar-refractivity contribution in [1.82, 2.24) is 4.98 Å².